The molecule has 3 heterocycles. The van der Waals surface area contributed by atoms with E-state index < -0.39 is 0 Å². The Bertz CT molecular complexity index is 578. The third-order valence-corrected chi connectivity index (χ3v) is 6.13. The molecule has 5 nitrogen and oxygen atoms in total. The zero-order valence-corrected chi connectivity index (χ0v) is 15.0. The maximum Gasteiger partial charge on any atom is 0.315 e. The second-order valence-electron chi connectivity index (χ2n) is 7.78. The Morgan fingerprint density at radius 1 is 1.04 bits per heavy atom. The number of urea groups is 1. The number of hydrogen-bond acceptors (Lipinski definition) is 3. The minimum absolute atomic E-state index is 0.0237. The Morgan fingerprint density at radius 3 is 2.80 bits per heavy atom. The third-order valence-electron chi connectivity index (χ3n) is 6.13. The van der Waals surface area contributed by atoms with Crippen molar-refractivity contribution in [2.45, 2.75) is 44.2 Å². The standard InChI is InChI=1S/C20H30N4O/c25-20(22-18-10-13-23-11-5-4-8-19(18)23)21-14-16-9-12-24(15-16)17-6-2-1-3-7-17/h1-3,6-7,16,18-19H,4-5,8-15H2,(H2,21,22,25)/t16-,18-,19+/m0/s1. The molecule has 25 heavy (non-hydrogen) atoms. The molecular formula is C20H30N4O. The fourth-order valence-electron chi connectivity index (χ4n) is 4.74. The Kier molecular flexibility index (Phi) is 5.11. The molecule has 5 heteroatoms. The number of fused-ring (bicyclic) bond motifs is 1. The van der Waals surface area contributed by atoms with Gasteiger partial charge < -0.3 is 15.5 Å². The first-order valence-corrected chi connectivity index (χ1v) is 9.88. The number of carbonyl (C=O) groups excluding carboxylic acids is 1. The van der Waals surface area contributed by atoms with E-state index in [1.165, 1.54) is 31.5 Å². The average Bonchev–Trinajstić information content (AvgIpc) is 3.28. The maximum atomic E-state index is 12.3. The lowest BCUT2D eigenvalue weighted by Gasteiger charge is -2.32. The molecule has 0 saturated carbocycles. The van der Waals surface area contributed by atoms with Crippen LogP contribution in [0.2, 0.25) is 0 Å². The Morgan fingerprint density at radius 2 is 1.92 bits per heavy atom. The van der Waals surface area contributed by atoms with E-state index in [2.05, 4.69) is 50.8 Å². The number of piperidine rings is 1. The SMILES string of the molecule is O=C(NC[C@@H]1CCN(c2ccccc2)C1)N[C@H]1CCN2CCCC[C@H]12. The van der Waals surface area contributed by atoms with Crippen LogP contribution in [0.15, 0.2) is 30.3 Å². The summed E-state index contributed by atoms with van der Waals surface area (Å²) in [6.07, 6.45) is 6.10. The van der Waals surface area contributed by atoms with E-state index in [4.69, 9.17) is 0 Å². The molecule has 0 spiro atoms. The summed E-state index contributed by atoms with van der Waals surface area (Å²) < 4.78 is 0. The van der Waals surface area contributed by atoms with Crippen LogP contribution in [0, 0.1) is 5.92 Å². The lowest BCUT2D eigenvalue weighted by molar-refractivity contribution is 0.178. The van der Waals surface area contributed by atoms with Gasteiger partial charge in [-0.05, 0) is 50.3 Å². The molecule has 0 unspecified atom stereocenters. The van der Waals surface area contributed by atoms with Crippen LogP contribution in [0.1, 0.15) is 32.1 Å². The van der Waals surface area contributed by atoms with Gasteiger partial charge in [-0.25, -0.2) is 4.79 Å². The maximum absolute atomic E-state index is 12.3. The van der Waals surface area contributed by atoms with Gasteiger partial charge in [-0.1, -0.05) is 24.6 Å². The molecule has 3 atom stereocenters. The minimum atomic E-state index is 0.0237. The fourth-order valence-corrected chi connectivity index (χ4v) is 4.74. The number of nitrogens with zero attached hydrogens (tertiary/aromatic N) is 2. The highest BCUT2D eigenvalue weighted by atomic mass is 16.2. The van der Waals surface area contributed by atoms with Crippen LogP contribution in [0.25, 0.3) is 0 Å². The van der Waals surface area contributed by atoms with Crippen molar-refractivity contribution in [2.75, 3.05) is 37.6 Å². The monoisotopic (exact) mass is 342 g/mol. The van der Waals surface area contributed by atoms with Gasteiger partial charge in [0.25, 0.3) is 0 Å². The van der Waals surface area contributed by atoms with Gasteiger partial charge in [0.2, 0.25) is 0 Å². The minimum Gasteiger partial charge on any atom is -0.371 e. The predicted molar refractivity (Wildman–Crippen MR) is 101 cm³/mol. The molecule has 0 aliphatic carbocycles. The molecule has 3 fully saturated rings. The number of amides is 2. The molecule has 0 radical (unpaired) electrons. The normalized spacial score (nSPS) is 29.4. The number of nitrogens with one attached hydrogen (secondary N) is 2. The number of carbonyl (C=O) groups is 1. The Labute approximate surface area is 150 Å². The highest BCUT2D eigenvalue weighted by Gasteiger charge is 2.36. The van der Waals surface area contributed by atoms with Crippen LogP contribution >= 0.6 is 0 Å². The molecular weight excluding hydrogens is 312 g/mol. The Hall–Kier alpha value is -1.75. The summed E-state index contributed by atoms with van der Waals surface area (Å²) in [5.74, 6) is 0.542. The van der Waals surface area contributed by atoms with Gasteiger partial charge >= 0.3 is 6.03 Å². The van der Waals surface area contributed by atoms with Crippen molar-refractivity contribution in [1.82, 2.24) is 15.5 Å². The molecule has 2 N–H and O–H groups in total. The highest BCUT2D eigenvalue weighted by Crippen LogP contribution is 2.27. The van der Waals surface area contributed by atoms with Crippen molar-refractivity contribution in [3.63, 3.8) is 0 Å². The number of para-hydroxylation sites is 1. The van der Waals surface area contributed by atoms with Crippen LogP contribution in [-0.4, -0.2) is 55.7 Å². The van der Waals surface area contributed by atoms with Gasteiger partial charge in [0.15, 0.2) is 0 Å². The first-order chi connectivity index (χ1) is 12.3. The lowest BCUT2D eigenvalue weighted by atomic mass is 9.99. The summed E-state index contributed by atoms with van der Waals surface area (Å²) in [4.78, 5) is 17.3. The molecule has 136 valence electrons. The van der Waals surface area contributed by atoms with Crippen LogP contribution in [0.5, 0.6) is 0 Å². The summed E-state index contributed by atoms with van der Waals surface area (Å²) >= 11 is 0. The quantitative estimate of drug-likeness (QED) is 0.883. The number of rotatable bonds is 4. The van der Waals surface area contributed by atoms with Crippen molar-refractivity contribution in [1.29, 1.82) is 0 Å². The van der Waals surface area contributed by atoms with E-state index in [1.807, 2.05) is 0 Å². The van der Waals surface area contributed by atoms with Crippen LogP contribution in [0.3, 0.4) is 0 Å². The van der Waals surface area contributed by atoms with Crippen LogP contribution < -0.4 is 15.5 Å². The van der Waals surface area contributed by atoms with Gasteiger partial charge in [-0.2, -0.15) is 0 Å². The van der Waals surface area contributed by atoms with Crippen molar-refractivity contribution < 1.29 is 4.79 Å². The molecule has 1 aromatic rings. The van der Waals surface area contributed by atoms with Crippen LogP contribution in [-0.2, 0) is 0 Å². The van der Waals surface area contributed by atoms with Gasteiger partial charge in [0.05, 0.1) is 0 Å². The zero-order valence-electron chi connectivity index (χ0n) is 15.0. The van der Waals surface area contributed by atoms with Crippen LogP contribution in [0.4, 0.5) is 10.5 Å². The van der Waals surface area contributed by atoms with Crippen molar-refractivity contribution in [2.24, 2.45) is 5.92 Å². The Balaban J connectivity index is 1.21. The smallest absolute Gasteiger partial charge is 0.315 e. The number of benzene rings is 1. The van der Waals surface area contributed by atoms with Gasteiger partial charge in [0.1, 0.15) is 0 Å². The third kappa shape index (κ3) is 3.92. The van der Waals surface area contributed by atoms with E-state index in [0.29, 0.717) is 18.0 Å². The van der Waals surface area contributed by atoms with Gasteiger partial charge in [-0.15, -0.1) is 0 Å². The molecule has 0 bridgehead atoms. The van der Waals surface area contributed by atoms with Gasteiger partial charge in [-0.3, -0.25) is 4.90 Å². The summed E-state index contributed by atoms with van der Waals surface area (Å²) in [7, 11) is 0. The average molecular weight is 342 g/mol. The molecule has 4 rings (SSSR count). The topological polar surface area (TPSA) is 47.6 Å². The predicted octanol–water partition coefficient (Wildman–Crippen LogP) is 2.44. The molecule has 3 aliphatic rings. The van der Waals surface area contributed by atoms with Crippen molar-refractivity contribution >= 4 is 11.7 Å². The lowest BCUT2D eigenvalue weighted by Crippen LogP contribution is -2.50. The largest absolute Gasteiger partial charge is 0.371 e. The summed E-state index contributed by atoms with van der Waals surface area (Å²) in [5, 5.41) is 6.36. The summed E-state index contributed by atoms with van der Waals surface area (Å²) in [6.45, 7) is 5.24. The van der Waals surface area contributed by atoms with E-state index >= 15 is 0 Å². The molecule has 0 aromatic heterocycles. The zero-order chi connectivity index (χ0) is 17.1. The number of hydrogen-bond donors (Lipinski definition) is 2. The fraction of sp³-hybridized carbons (Fsp3) is 0.650. The molecule has 1 aromatic carbocycles. The van der Waals surface area contributed by atoms with Crippen molar-refractivity contribution in [3.8, 4) is 0 Å². The summed E-state index contributed by atoms with van der Waals surface area (Å²) in [5.41, 5.74) is 1.29. The highest BCUT2D eigenvalue weighted by molar-refractivity contribution is 5.74. The first kappa shape index (κ1) is 16.7. The second kappa shape index (κ2) is 7.65. The second-order valence-corrected chi connectivity index (χ2v) is 7.78. The van der Waals surface area contributed by atoms with Crippen molar-refractivity contribution in [3.05, 3.63) is 30.3 Å². The van der Waals surface area contributed by atoms with E-state index in [1.54, 1.807) is 0 Å². The van der Waals surface area contributed by atoms with Gasteiger partial charge in [0, 0.05) is 44.0 Å². The molecule has 3 aliphatic heterocycles. The first-order valence-electron chi connectivity index (χ1n) is 9.88. The van der Waals surface area contributed by atoms with E-state index in [-0.39, 0.29) is 6.03 Å². The molecule has 2 amide bonds. The van der Waals surface area contributed by atoms with E-state index in [0.717, 1.165) is 39.0 Å². The molecule has 3 saturated heterocycles. The summed E-state index contributed by atoms with van der Waals surface area (Å²) in [6, 6.07) is 11.5. The van der Waals surface area contributed by atoms with E-state index in [9.17, 15) is 4.79 Å². The number of anilines is 1.